The Hall–Kier alpha value is -3.57. The monoisotopic (exact) mass is 500 g/mol. The molecule has 2 atom stereocenters. The zero-order chi connectivity index (χ0) is 25.1. The fraction of sp³-hybridized carbons (Fsp3) is 0.267. The number of benzene rings is 3. The lowest BCUT2D eigenvalue weighted by molar-refractivity contribution is -0.117. The first-order valence-corrected chi connectivity index (χ1v) is 12.8. The summed E-state index contributed by atoms with van der Waals surface area (Å²) < 4.78 is 5.99. The quantitative estimate of drug-likeness (QED) is 0.401. The molecule has 1 heterocycles. The van der Waals surface area contributed by atoms with Gasteiger partial charge in [0.25, 0.3) is 11.8 Å². The summed E-state index contributed by atoms with van der Waals surface area (Å²) in [4.78, 5) is 27.9. The van der Waals surface area contributed by atoms with Crippen molar-refractivity contribution < 1.29 is 14.3 Å². The van der Waals surface area contributed by atoms with Gasteiger partial charge in [0.15, 0.2) is 11.5 Å². The van der Waals surface area contributed by atoms with Gasteiger partial charge in [-0.1, -0.05) is 67.8 Å². The molecule has 0 saturated heterocycles. The van der Waals surface area contributed by atoms with Crippen molar-refractivity contribution in [3.63, 3.8) is 0 Å². The minimum Gasteiger partial charge on any atom is -0.449 e. The van der Waals surface area contributed by atoms with E-state index in [-0.39, 0.29) is 23.6 Å². The second kappa shape index (κ2) is 10.6. The average molecular weight is 501 g/mol. The predicted octanol–water partition coefficient (Wildman–Crippen LogP) is 6.62. The summed E-state index contributed by atoms with van der Waals surface area (Å²) in [5.74, 6) is 1.07. The third-order valence-electron chi connectivity index (χ3n) is 6.98. The molecule has 184 valence electrons. The Morgan fingerprint density at radius 1 is 1.03 bits per heavy atom. The van der Waals surface area contributed by atoms with Crippen molar-refractivity contribution in [1.29, 1.82) is 0 Å². The van der Waals surface area contributed by atoms with Gasteiger partial charge >= 0.3 is 0 Å². The van der Waals surface area contributed by atoms with Crippen LogP contribution in [0.4, 0.5) is 5.69 Å². The molecule has 0 aromatic heterocycles. The molecule has 3 aromatic rings. The number of anilines is 1. The molecule has 1 fully saturated rings. The van der Waals surface area contributed by atoms with Crippen LogP contribution in [0.5, 0.6) is 5.75 Å². The van der Waals surface area contributed by atoms with Crippen LogP contribution in [0.3, 0.4) is 0 Å². The highest BCUT2D eigenvalue weighted by Gasteiger charge is 2.30. The first-order valence-electron chi connectivity index (χ1n) is 12.4. The zero-order valence-electron chi connectivity index (χ0n) is 20.2. The molecule has 2 amide bonds. The smallest absolute Gasteiger partial charge is 0.294 e. The van der Waals surface area contributed by atoms with E-state index in [0.29, 0.717) is 28.8 Å². The number of hydrogen-bond donors (Lipinski definition) is 1. The first kappa shape index (κ1) is 24.1. The van der Waals surface area contributed by atoms with Crippen LogP contribution in [0.25, 0.3) is 6.08 Å². The molecule has 1 saturated carbocycles. The van der Waals surface area contributed by atoms with Gasteiger partial charge in [0.2, 0.25) is 0 Å². The van der Waals surface area contributed by atoms with Gasteiger partial charge in [0, 0.05) is 16.6 Å². The van der Waals surface area contributed by atoms with Gasteiger partial charge in [-0.15, -0.1) is 0 Å². The maximum absolute atomic E-state index is 13.4. The Labute approximate surface area is 216 Å². The fourth-order valence-corrected chi connectivity index (χ4v) is 4.98. The molecule has 1 aliphatic heterocycles. The van der Waals surface area contributed by atoms with E-state index in [2.05, 4.69) is 12.2 Å². The normalized spacial score (nSPS) is 20.6. The molecule has 36 heavy (non-hydrogen) atoms. The number of amides is 2. The lowest BCUT2D eigenvalue weighted by Crippen LogP contribution is -2.41. The average Bonchev–Trinajstić information content (AvgIpc) is 2.89. The molecule has 5 nitrogen and oxygen atoms in total. The van der Waals surface area contributed by atoms with Gasteiger partial charge in [-0.2, -0.15) is 0 Å². The Morgan fingerprint density at radius 3 is 2.50 bits per heavy atom. The van der Waals surface area contributed by atoms with Crippen LogP contribution < -0.4 is 15.0 Å². The van der Waals surface area contributed by atoms with E-state index in [0.717, 1.165) is 36.1 Å². The number of carbonyl (C=O) groups is 2. The summed E-state index contributed by atoms with van der Waals surface area (Å²) >= 11 is 6.03. The largest absolute Gasteiger partial charge is 0.449 e. The van der Waals surface area contributed by atoms with Crippen molar-refractivity contribution >= 4 is 35.2 Å². The van der Waals surface area contributed by atoms with Gasteiger partial charge in [0.1, 0.15) is 0 Å². The maximum atomic E-state index is 13.4. The number of fused-ring (bicyclic) bond motifs is 1. The van der Waals surface area contributed by atoms with Crippen LogP contribution in [0.15, 0.2) is 78.6 Å². The van der Waals surface area contributed by atoms with Crippen LogP contribution in [0, 0.1) is 5.92 Å². The van der Waals surface area contributed by atoms with E-state index >= 15 is 0 Å². The van der Waals surface area contributed by atoms with Crippen molar-refractivity contribution in [1.82, 2.24) is 5.32 Å². The first-order chi connectivity index (χ1) is 17.5. The minimum atomic E-state index is -0.225. The van der Waals surface area contributed by atoms with E-state index in [9.17, 15) is 9.59 Å². The molecule has 1 aliphatic carbocycles. The maximum Gasteiger partial charge on any atom is 0.294 e. The van der Waals surface area contributed by atoms with E-state index < -0.39 is 0 Å². The van der Waals surface area contributed by atoms with Gasteiger partial charge in [0.05, 0.1) is 12.2 Å². The van der Waals surface area contributed by atoms with Gasteiger partial charge in [-0.05, 0) is 72.4 Å². The summed E-state index contributed by atoms with van der Waals surface area (Å²) in [7, 11) is 0. The third kappa shape index (κ3) is 5.31. The van der Waals surface area contributed by atoms with Crippen LogP contribution in [-0.2, 0) is 11.3 Å². The molecule has 2 aliphatic rings. The summed E-state index contributed by atoms with van der Waals surface area (Å²) in [5, 5.41) is 3.84. The number of ether oxygens (including phenoxy) is 1. The Morgan fingerprint density at radius 2 is 1.75 bits per heavy atom. The molecule has 6 heteroatoms. The molecule has 0 unspecified atom stereocenters. The third-order valence-corrected chi connectivity index (χ3v) is 7.24. The minimum absolute atomic E-state index is 0.0546. The van der Waals surface area contributed by atoms with E-state index in [1.165, 1.54) is 6.42 Å². The zero-order valence-corrected chi connectivity index (χ0v) is 21.0. The molecule has 1 N–H and O–H groups in total. The molecule has 0 bridgehead atoms. The van der Waals surface area contributed by atoms with Crippen LogP contribution in [0.2, 0.25) is 5.02 Å². The summed E-state index contributed by atoms with van der Waals surface area (Å²) in [6.45, 7) is 2.60. The van der Waals surface area contributed by atoms with E-state index in [1.54, 1.807) is 23.1 Å². The van der Waals surface area contributed by atoms with E-state index in [4.69, 9.17) is 16.3 Å². The number of carbonyl (C=O) groups excluding carboxylic acids is 2. The second-order valence-corrected chi connectivity index (χ2v) is 10.00. The van der Waals surface area contributed by atoms with Gasteiger partial charge < -0.3 is 10.1 Å². The van der Waals surface area contributed by atoms with Crippen molar-refractivity contribution in [2.24, 2.45) is 5.92 Å². The number of hydrogen-bond acceptors (Lipinski definition) is 3. The van der Waals surface area contributed by atoms with Crippen molar-refractivity contribution in [2.45, 2.75) is 45.2 Å². The lowest BCUT2D eigenvalue weighted by Gasteiger charge is -2.30. The highest BCUT2D eigenvalue weighted by molar-refractivity contribution is 6.30. The van der Waals surface area contributed by atoms with Crippen LogP contribution in [-0.4, -0.2) is 17.9 Å². The predicted molar refractivity (Wildman–Crippen MR) is 143 cm³/mol. The topological polar surface area (TPSA) is 58.6 Å². The molecule has 3 aromatic carbocycles. The van der Waals surface area contributed by atoms with Crippen molar-refractivity contribution in [3.8, 4) is 5.75 Å². The van der Waals surface area contributed by atoms with E-state index in [1.807, 2.05) is 60.7 Å². The lowest BCUT2D eigenvalue weighted by atomic mass is 9.86. The van der Waals surface area contributed by atoms with Crippen LogP contribution in [0.1, 0.15) is 54.1 Å². The highest BCUT2D eigenvalue weighted by Crippen LogP contribution is 2.36. The number of rotatable bonds is 5. The Bertz CT molecular complexity index is 1280. The number of para-hydroxylation sites is 2. The number of halogens is 1. The molecule has 0 spiro atoms. The van der Waals surface area contributed by atoms with Gasteiger partial charge in [-0.3, -0.25) is 14.5 Å². The summed E-state index contributed by atoms with van der Waals surface area (Å²) in [6, 6.07) is 22.4. The Balaban J connectivity index is 1.35. The fourth-order valence-electron chi connectivity index (χ4n) is 4.86. The summed E-state index contributed by atoms with van der Waals surface area (Å²) in [6.07, 6.45) is 6.31. The highest BCUT2D eigenvalue weighted by atomic mass is 35.5. The molecular formula is C30H29ClN2O3. The SMILES string of the molecule is C[C@H]1CCCC[C@H]1NC(=O)c1ccc(/C=C2\Oc3ccccc3N(Cc3ccc(Cl)cc3)C2=O)cc1. The standard InChI is InChI=1S/C30H29ClN2O3/c1-20-6-2-3-7-25(20)32-29(34)23-14-10-21(11-15-23)18-28-30(35)33(19-22-12-16-24(31)17-13-22)26-8-4-5-9-27(26)36-28/h4-5,8-18,20,25H,2-3,6-7,19H2,1H3,(H,32,34)/b28-18-/t20-,25+/m0/s1. The van der Waals surface area contributed by atoms with Crippen LogP contribution >= 0.6 is 11.6 Å². The molecule has 5 rings (SSSR count). The second-order valence-electron chi connectivity index (χ2n) is 9.56. The van der Waals surface area contributed by atoms with Crippen molar-refractivity contribution in [2.75, 3.05) is 4.90 Å². The number of nitrogens with zero attached hydrogens (tertiary/aromatic N) is 1. The molecule has 0 radical (unpaired) electrons. The molecular weight excluding hydrogens is 472 g/mol. The Kier molecular flexibility index (Phi) is 7.10. The van der Waals surface area contributed by atoms with Gasteiger partial charge in [-0.25, -0.2) is 0 Å². The van der Waals surface area contributed by atoms with Crippen molar-refractivity contribution in [3.05, 3.63) is 100 Å². The summed E-state index contributed by atoms with van der Waals surface area (Å²) in [5.41, 5.74) is 3.08. The number of nitrogens with one attached hydrogen (secondary N) is 1.